The predicted octanol–water partition coefficient (Wildman–Crippen LogP) is 5.58. The number of nitrogens with zero attached hydrogens (tertiary/aromatic N) is 1. The minimum atomic E-state index is -0.787. The monoisotopic (exact) mass is 638 g/mol. The molecule has 1 aromatic heterocycles. The van der Waals surface area contributed by atoms with Crippen LogP contribution in [0.1, 0.15) is 52.1 Å². The van der Waals surface area contributed by atoms with Crippen molar-refractivity contribution in [3.05, 3.63) is 84.4 Å². The minimum Gasteiger partial charge on any atom is -0.444 e. The van der Waals surface area contributed by atoms with Crippen LogP contribution in [-0.4, -0.2) is 65.0 Å². The fourth-order valence-corrected chi connectivity index (χ4v) is 5.67. The van der Waals surface area contributed by atoms with Crippen LogP contribution in [0.2, 0.25) is 0 Å². The van der Waals surface area contributed by atoms with Gasteiger partial charge in [-0.15, -0.1) is 0 Å². The minimum absolute atomic E-state index is 0.111. The lowest BCUT2D eigenvalue weighted by atomic mass is 10.1. The summed E-state index contributed by atoms with van der Waals surface area (Å²) in [6.07, 6.45) is 0.712. The number of hydrogen-bond acceptors (Lipinski definition) is 6. The van der Waals surface area contributed by atoms with Crippen LogP contribution < -0.4 is 21.3 Å². The third-order valence-corrected chi connectivity index (χ3v) is 7.99. The van der Waals surface area contributed by atoms with Gasteiger partial charge >= 0.3 is 6.09 Å². The second kappa shape index (κ2) is 14.1. The topological polar surface area (TPSA) is 145 Å². The number of alkyl carbamates (subject to hydrolysis) is 1. The number of likely N-dealkylation sites (N-methyl/N-ethyl adjacent to an activating group) is 1. The number of H-pyrrole nitrogens is 1. The number of nitrogens with one attached hydrogen (secondary N) is 5. The van der Waals surface area contributed by atoms with Crippen LogP contribution in [0.4, 0.5) is 16.2 Å². The molecule has 0 aliphatic carbocycles. The molecule has 11 nitrogen and oxygen atoms in total. The standard InChI is InChI=1S/C36H42N6O5/c1-22(38-35(46)47-36(2,3)4)32(43)39-26-15-13-23(14-16-26)29-21-25-20-27(17-18-28(25)41-29)40-33(44)30-12-9-19-42(30)34(45)31(37-5)24-10-7-6-8-11-24/h6-8,10-11,13-18,20-22,30-31,37,41H,9,12,19H2,1-5H3,(H,38,46)(H,39,43)(H,40,44)/t22-,30-,31+/m0/s1. The van der Waals surface area contributed by atoms with Crippen LogP contribution >= 0.6 is 0 Å². The van der Waals surface area contributed by atoms with Crippen LogP contribution in [0.25, 0.3) is 22.2 Å². The normalized spacial score (nSPS) is 15.9. The van der Waals surface area contributed by atoms with Gasteiger partial charge in [-0.2, -0.15) is 0 Å². The van der Waals surface area contributed by atoms with Crippen molar-refractivity contribution in [2.75, 3.05) is 24.2 Å². The number of fused-ring (bicyclic) bond motifs is 1. The van der Waals surface area contributed by atoms with Crippen LogP contribution in [0.3, 0.4) is 0 Å². The molecule has 0 radical (unpaired) electrons. The van der Waals surface area contributed by atoms with E-state index >= 15 is 0 Å². The summed E-state index contributed by atoms with van der Waals surface area (Å²) in [7, 11) is 1.75. The van der Waals surface area contributed by atoms with Gasteiger partial charge in [0, 0.05) is 34.5 Å². The van der Waals surface area contributed by atoms with E-state index in [1.807, 2.05) is 66.7 Å². The summed E-state index contributed by atoms with van der Waals surface area (Å²) in [5.74, 6) is -0.686. The molecule has 0 unspecified atom stereocenters. The first-order chi connectivity index (χ1) is 22.4. The number of rotatable bonds is 9. The number of ether oxygens (including phenoxy) is 1. The van der Waals surface area contributed by atoms with Gasteiger partial charge in [0.15, 0.2) is 0 Å². The molecule has 4 aromatic rings. The summed E-state index contributed by atoms with van der Waals surface area (Å²) in [6.45, 7) is 7.39. The highest BCUT2D eigenvalue weighted by molar-refractivity contribution is 6.00. The summed E-state index contributed by atoms with van der Waals surface area (Å²) in [6, 6.07) is 22.7. The molecule has 0 bridgehead atoms. The Morgan fingerprint density at radius 2 is 1.62 bits per heavy atom. The summed E-state index contributed by atoms with van der Waals surface area (Å²) < 4.78 is 5.22. The average Bonchev–Trinajstić information content (AvgIpc) is 3.69. The number of carbonyl (C=O) groups is 4. The zero-order valence-corrected chi connectivity index (χ0v) is 27.3. The molecule has 3 aromatic carbocycles. The summed E-state index contributed by atoms with van der Waals surface area (Å²) in [5, 5.41) is 12.4. The van der Waals surface area contributed by atoms with Crippen molar-refractivity contribution in [3.8, 4) is 11.3 Å². The highest BCUT2D eigenvalue weighted by Gasteiger charge is 2.37. The number of amides is 4. The third-order valence-electron chi connectivity index (χ3n) is 7.99. The van der Waals surface area contributed by atoms with Crippen molar-refractivity contribution in [3.63, 3.8) is 0 Å². The Labute approximate surface area is 274 Å². The van der Waals surface area contributed by atoms with Gasteiger partial charge in [-0.1, -0.05) is 42.5 Å². The van der Waals surface area contributed by atoms with Gasteiger partial charge < -0.3 is 35.9 Å². The number of aromatic nitrogens is 1. The van der Waals surface area contributed by atoms with Crippen molar-refractivity contribution >= 4 is 46.1 Å². The number of likely N-dealkylation sites (tertiary alicyclic amines) is 1. The Hall–Kier alpha value is -5.16. The predicted molar refractivity (Wildman–Crippen MR) is 183 cm³/mol. The van der Waals surface area contributed by atoms with E-state index in [-0.39, 0.29) is 17.7 Å². The van der Waals surface area contributed by atoms with E-state index in [0.29, 0.717) is 24.3 Å². The Morgan fingerprint density at radius 1 is 0.915 bits per heavy atom. The van der Waals surface area contributed by atoms with Crippen molar-refractivity contribution in [1.82, 2.24) is 20.5 Å². The lowest BCUT2D eigenvalue weighted by Gasteiger charge is -2.28. The van der Waals surface area contributed by atoms with Gasteiger partial charge in [0.1, 0.15) is 23.7 Å². The maximum Gasteiger partial charge on any atom is 0.408 e. The summed E-state index contributed by atoms with van der Waals surface area (Å²) >= 11 is 0. The van der Waals surface area contributed by atoms with E-state index in [1.54, 1.807) is 51.8 Å². The van der Waals surface area contributed by atoms with Crippen LogP contribution in [0.15, 0.2) is 78.9 Å². The molecule has 1 aliphatic heterocycles. The molecular formula is C36H42N6O5. The molecule has 2 heterocycles. The highest BCUT2D eigenvalue weighted by atomic mass is 16.6. The molecule has 11 heteroatoms. The van der Waals surface area contributed by atoms with Gasteiger partial charge in [-0.3, -0.25) is 14.4 Å². The van der Waals surface area contributed by atoms with E-state index in [4.69, 9.17) is 4.74 Å². The smallest absolute Gasteiger partial charge is 0.408 e. The fourth-order valence-electron chi connectivity index (χ4n) is 5.67. The first-order valence-electron chi connectivity index (χ1n) is 15.8. The fraction of sp³-hybridized carbons (Fsp3) is 0.333. The van der Waals surface area contributed by atoms with Crippen LogP contribution in [-0.2, 0) is 19.1 Å². The van der Waals surface area contributed by atoms with E-state index in [0.717, 1.165) is 34.1 Å². The van der Waals surface area contributed by atoms with Crippen molar-refractivity contribution in [2.45, 2.75) is 64.3 Å². The Bertz CT molecular complexity index is 1750. The van der Waals surface area contributed by atoms with Crippen LogP contribution in [0.5, 0.6) is 0 Å². The molecule has 3 atom stereocenters. The molecule has 0 saturated carbocycles. The molecule has 4 amide bonds. The molecule has 5 rings (SSSR count). The van der Waals surface area contributed by atoms with Gasteiger partial charge in [0.25, 0.3) is 0 Å². The molecule has 5 N–H and O–H groups in total. The largest absolute Gasteiger partial charge is 0.444 e. The number of hydrogen-bond donors (Lipinski definition) is 5. The third kappa shape index (κ3) is 8.17. The maximum absolute atomic E-state index is 13.5. The second-order valence-corrected chi connectivity index (χ2v) is 12.7. The summed E-state index contributed by atoms with van der Waals surface area (Å²) in [5.41, 5.74) is 4.10. The van der Waals surface area contributed by atoms with Crippen molar-refractivity contribution in [1.29, 1.82) is 0 Å². The molecule has 1 saturated heterocycles. The molecule has 47 heavy (non-hydrogen) atoms. The van der Waals surface area contributed by atoms with E-state index < -0.39 is 29.8 Å². The zero-order valence-electron chi connectivity index (χ0n) is 27.3. The average molecular weight is 639 g/mol. The number of aromatic amines is 1. The maximum atomic E-state index is 13.5. The number of carbonyl (C=O) groups excluding carboxylic acids is 4. The van der Waals surface area contributed by atoms with Gasteiger partial charge in [-0.05, 0) is 95.1 Å². The van der Waals surface area contributed by atoms with Crippen LogP contribution in [0, 0.1) is 0 Å². The van der Waals surface area contributed by atoms with E-state index in [1.165, 1.54) is 0 Å². The van der Waals surface area contributed by atoms with E-state index in [2.05, 4.69) is 26.3 Å². The van der Waals surface area contributed by atoms with Gasteiger partial charge in [0.2, 0.25) is 17.7 Å². The molecule has 1 aliphatic rings. The molecular weight excluding hydrogens is 596 g/mol. The first kappa shape index (κ1) is 33.2. The van der Waals surface area contributed by atoms with Crippen molar-refractivity contribution < 1.29 is 23.9 Å². The zero-order chi connectivity index (χ0) is 33.7. The summed E-state index contributed by atoms with van der Waals surface area (Å²) in [4.78, 5) is 56.6. The number of anilines is 2. The highest BCUT2D eigenvalue weighted by Crippen LogP contribution is 2.29. The van der Waals surface area contributed by atoms with E-state index in [9.17, 15) is 19.2 Å². The lowest BCUT2D eigenvalue weighted by molar-refractivity contribution is -0.138. The second-order valence-electron chi connectivity index (χ2n) is 12.7. The first-order valence-corrected chi connectivity index (χ1v) is 15.8. The molecule has 246 valence electrons. The SMILES string of the molecule is CN[C@@H](C(=O)N1CCC[C@H]1C(=O)Nc1ccc2[nH]c(-c3ccc(NC(=O)[C@H](C)NC(=O)OC(C)(C)C)cc3)cc2c1)c1ccccc1. The molecule has 1 fully saturated rings. The van der Waals surface area contributed by atoms with Crippen molar-refractivity contribution in [2.24, 2.45) is 0 Å². The van der Waals surface area contributed by atoms with Gasteiger partial charge in [0.05, 0.1) is 0 Å². The Morgan fingerprint density at radius 3 is 2.30 bits per heavy atom. The molecule has 0 spiro atoms. The Balaban J connectivity index is 1.21. The van der Waals surface area contributed by atoms with Gasteiger partial charge in [-0.25, -0.2) is 4.79 Å². The lowest BCUT2D eigenvalue weighted by Crippen LogP contribution is -2.47. The number of benzene rings is 3. The quantitative estimate of drug-likeness (QED) is 0.162. The Kier molecular flexibility index (Phi) is 9.95.